The monoisotopic (exact) mass is 344 g/mol. The summed E-state index contributed by atoms with van der Waals surface area (Å²) >= 11 is 0. The molecule has 4 rings (SSSR count). The molecule has 1 heterocycles. The minimum atomic E-state index is -0.292. The Morgan fingerprint density at radius 3 is 2.38 bits per heavy atom. The fourth-order valence-corrected chi connectivity index (χ4v) is 3.27. The van der Waals surface area contributed by atoms with Crippen LogP contribution in [0.25, 0.3) is 0 Å². The van der Waals surface area contributed by atoms with E-state index in [9.17, 15) is 9.90 Å². The van der Waals surface area contributed by atoms with Gasteiger partial charge >= 0.3 is 0 Å². The molecule has 1 aliphatic heterocycles. The number of fused-ring (bicyclic) bond motifs is 1. The summed E-state index contributed by atoms with van der Waals surface area (Å²) in [7, 11) is 0. The maximum Gasteiger partial charge on any atom is 0.258 e. The summed E-state index contributed by atoms with van der Waals surface area (Å²) in [6.07, 6.45) is -0.292. The summed E-state index contributed by atoms with van der Waals surface area (Å²) in [6, 6.07) is 22.8. The number of nitrogens with zero attached hydrogens (tertiary/aromatic N) is 1. The molecule has 26 heavy (non-hydrogen) atoms. The second-order valence-electron chi connectivity index (χ2n) is 6.60. The molecule has 0 saturated carbocycles. The van der Waals surface area contributed by atoms with Crippen molar-refractivity contribution >= 4 is 11.6 Å². The lowest BCUT2D eigenvalue weighted by Gasteiger charge is -2.38. The Bertz CT molecular complexity index is 933. The number of para-hydroxylation sites is 1. The third-order valence-electron chi connectivity index (χ3n) is 4.70. The molecule has 0 radical (unpaired) electrons. The number of carbonyl (C=O) groups is 1. The first-order valence-electron chi connectivity index (χ1n) is 8.63. The van der Waals surface area contributed by atoms with Crippen molar-refractivity contribution in [1.82, 2.24) is 4.90 Å². The first-order valence-corrected chi connectivity index (χ1v) is 8.63. The predicted octanol–water partition coefficient (Wildman–Crippen LogP) is 4.47. The predicted molar refractivity (Wildman–Crippen MR) is 102 cm³/mol. The summed E-state index contributed by atoms with van der Waals surface area (Å²) in [5, 5.41) is 13.1. The van der Waals surface area contributed by atoms with Crippen molar-refractivity contribution < 1.29 is 9.90 Å². The van der Waals surface area contributed by atoms with Gasteiger partial charge in [-0.25, -0.2) is 0 Å². The van der Waals surface area contributed by atoms with Crippen molar-refractivity contribution in [2.45, 2.75) is 19.6 Å². The standard InChI is InChI=1S/C22H20N2O2/c1-15-6-8-16(9-7-15)14-24-21(17-10-12-18(25)13-11-17)23-20-5-3-2-4-19(20)22(24)26/h2-13,21,23,25H,14H2,1H3/t21-/m1/s1. The summed E-state index contributed by atoms with van der Waals surface area (Å²) in [5.74, 6) is 0.208. The molecule has 1 aliphatic rings. The average Bonchev–Trinajstić information content (AvgIpc) is 2.66. The highest BCUT2D eigenvalue weighted by molar-refractivity contribution is 6.01. The molecule has 130 valence electrons. The molecule has 1 atom stereocenters. The van der Waals surface area contributed by atoms with Crippen molar-refractivity contribution in [2.24, 2.45) is 0 Å². The largest absolute Gasteiger partial charge is 0.508 e. The van der Waals surface area contributed by atoms with Gasteiger partial charge < -0.3 is 15.3 Å². The number of amides is 1. The number of benzene rings is 3. The highest BCUT2D eigenvalue weighted by Gasteiger charge is 2.32. The second kappa shape index (κ2) is 6.56. The fraction of sp³-hybridized carbons (Fsp3) is 0.136. The minimum Gasteiger partial charge on any atom is -0.508 e. The van der Waals surface area contributed by atoms with E-state index in [0.29, 0.717) is 12.1 Å². The van der Waals surface area contributed by atoms with Crippen molar-refractivity contribution in [3.63, 3.8) is 0 Å². The van der Waals surface area contributed by atoms with E-state index in [1.807, 2.05) is 48.2 Å². The number of nitrogens with one attached hydrogen (secondary N) is 1. The number of carbonyl (C=O) groups excluding carboxylic acids is 1. The number of hydrogen-bond donors (Lipinski definition) is 2. The van der Waals surface area contributed by atoms with Crippen LogP contribution in [0.4, 0.5) is 5.69 Å². The van der Waals surface area contributed by atoms with Crippen molar-refractivity contribution in [3.8, 4) is 5.75 Å². The smallest absolute Gasteiger partial charge is 0.258 e. The molecule has 0 unspecified atom stereocenters. The van der Waals surface area contributed by atoms with Gasteiger partial charge in [0.2, 0.25) is 0 Å². The molecule has 0 aromatic heterocycles. The van der Waals surface area contributed by atoms with Crippen LogP contribution in [0.2, 0.25) is 0 Å². The van der Waals surface area contributed by atoms with Gasteiger partial charge in [0.05, 0.1) is 5.56 Å². The number of hydrogen-bond acceptors (Lipinski definition) is 3. The van der Waals surface area contributed by atoms with Gasteiger partial charge in [0, 0.05) is 12.2 Å². The zero-order valence-electron chi connectivity index (χ0n) is 14.5. The molecule has 3 aromatic carbocycles. The molecule has 0 spiro atoms. The van der Waals surface area contributed by atoms with Gasteiger partial charge in [-0.05, 0) is 42.3 Å². The van der Waals surface area contributed by atoms with E-state index in [4.69, 9.17) is 0 Å². The number of phenolic OH excluding ortho intramolecular Hbond substituents is 1. The Labute approximate surface area is 152 Å². The maximum absolute atomic E-state index is 13.2. The van der Waals surface area contributed by atoms with Gasteiger partial charge in [-0.3, -0.25) is 4.79 Å². The lowest BCUT2D eigenvalue weighted by molar-refractivity contribution is 0.0666. The van der Waals surface area contributed by atoms with E-state index in [-0.39, 0.29) is 17.8 Å². The Morgan fingerprint density at radius 2 is 1.65 bits per heavy atom. The summed E-state index contributed by atoms with van der Waals surface area (Å²) in [6.45, 7) is 2.55. The van der Waals surface area contributed by atoms with Gasteiger partial charge in [0.25, 0.3) is 5.91 Å². The molecule has 4 heteroatoms. The van der Waals surface area contributed by atoms with E-state index < -0.39 is 0 Å². The summed E-state index contributed by atoms with van der Waals surface area (Å²) in [5.41, 5.74) is 4.70. The normalized spacial score (nSPS) is 16.1. The molecule has 1 amide bonds. The van der Waals surface area contributed by atoms with Crippen LogP contribution in [0.1, 0.15) is 33.2 Å². The number of anilines is 1. The van der Waals surface area contributed by atoms with Crippen LogP contribution in [-0.2, 0) is 6.54 Å². The molecule has 4 nitrogen and oxygen atoms in total. The third kappa shape index (κ3) is 3.02. The van der Waals surface area contributed by atoms with E-state index in [0.717, 1.165) is 16.8 Å². The Hall–Kier alpha value is -3.27. The van der Waals surface area contributed by atoms with Gasteiger partial charge in [-0.2, -0.15) is 0 Å². The molecular weight excluding hydrogens is 324 g/mol. The first kappa shape index (κ1) is 16.2. The van der Waals surface area contributed by atoms with Crippen molar-refractivity contribution in [1.29, 1.82) is 0 Å². The quantitative estimate of drug-likeness (QED) is 0.737. The molecule has 3 aromatic rings. The van der Waals surface area contributed by atoms with Crippen LogP contribution in [0.15, 0.2) is 72.8 Å². The van der Waals surface area contributed by atoms with Crippen LogP contribution < -0.4 is 5.32 Å². The topological polar surface area (TPSA) is 52.6 Å². The zero-order chi connectivity index (χ0) is 18.1. The zero-order valence-corrected chi connectivity index (χ0v) is 14.5. The Balaban J connectivity index is 1.74. The van der Waals surface area contributed by atoms with Gasteiger partial charge in [-0.15, -0.1) is 0 Å². The van der Waals surface area contributed by atoms with E-state index in [1.165, 1.54) is 5.56 Å². The third-order valence-corrected chi connectivity index (χ3v) is 4.70. The second-order valence-corrected chi connectivity index (χ2v) is 6.60. The number of rotatable bonds is 3. The highest BCUT2D eigenvalue weighted by Crippen LogP contribution is 2.34. The van der Waals surface area contributed by atoms with Crippen molar-refractivity contribution in [2.75, 3.05) is 5.32 Å². The molecular formula is C22H20N2O2. The number of aromatic hydroxyl groups is 1. The first-order chi connectivity index (χ1) is 12.6. The molecule has 0 bridgehead atoms. The van der Waals surface area contributed by atoms with Crippen LogP contribution in [0, 0.1) is 6.92 Å². The summed E-state index contributed by atoms with van der Waals surface area (Å²) < 4.78 is 0. The van der Waals surface area contributed by atoms with Gasteiger partial charge in [-0.1, -0.05) is 54.1 Å². The lowest BCUT2D eigenvalue weighted by Crippen LogP contribution is -2.42. The molecule has 2 N–H and O–H groups in total. The highest BCUT2D eigenvalue weighted by atomic mass is 16.3. The van der Waals surface area contributed by atoms with Gasteiger partial charge in [0.1, 0.15) is 11.9 Å². The molecule has 0 aliphatic carbocycles. The fourth-order valence-electron chi connectivity index (χ4n) is 3.27. The average molecular weight is 344 g/mol. The lowest BCUT2D eigenvalue weighted by atomic mass is 10.0. The minimum absolute atomic E-state index is 0.00185. The van der Waals surface area contributed by atoms with Crippen LogP contribution >= 0.6 is 0 Å². The maximum atomic E-state index is 13.2. The van der Waals surface area contributed by atoms with Crippen LogP contribution in [0.3, 0.4) is 0 Å². The number of phenols is 1. The van der Waals surface area contributed by atoms with E-state index in [1.54, 1.807) is 12.1 Å². The summed E-state index contributed by atoms with van der Waals surface area (Å²) in [4.78, 5) is 15.0. The number of aryl methyl sites for hydroxylation is 1. The van der Waals surface area contributed by atoms with Crippen LogP contribution in [-0.4, -0.2) is 15.9 Å². The van der Waals surface area contributed by atoms with Crippen molar-refractivity contribution in [3.05, 3.63) is 95.1 Å². The van der Waals surface area contributed by atoms with Gasteiger partial charge in [0.15, 0.2) is 0 Å². The van der Waals surface area contributed by atoms with E-state index in [2.05, 4.69) is 29.6 Å². The van der Waals surface area contributed by atoms with Crippen LogP contribution in [0.5, 0.6) is 5.75 Å². The Kier molecular flexibility index (Phi) is 4.09. The molecule has 0 fully saturated rings. The Morgan fingerprint density at radius 1 is 0.962 bits per heavy atom. The SMILES string of the molecule is Cc1ccc(CN2C(=O)c3ccccc3N[C@H]2c2ccc(O)cc2)cc1. The van der Waals surface area contributed by atoms with E-state index >= 15 is 0 Å². The molecule has 0 saturated heterocycles.